The number of carbonyl (C=O) groups excluding carboxylic acids is 1. The van der Waals surface area contributed by atoms with Crippen LogP contribution in [0.4, 0.5) is 0 Å². The maximum absolute atomic E-state index is 12.7. The molecule has 1 fully saturated rings. The van der Waals surface area contributed by atoms with Crippen LogP contribution in [0.15, 0.2) is 17.1 Å². The first-order chi connectivity index (χ1) is 10.5. The fourth-order valence-corrected chi connectivity index (χ4v) is 3.80. The number of aromatic amines is 1. The number of likely N-dealkylation sites (tertiary alicyclic amines) is 1. The van der Waals surface area contributed by atoms with Gasteiger partial charge in [-0.3, -0.25) is 4.79 Å². The van der Waals surface area contributed by atoms with E-state index in [1.54, 1.807) is 0 Å². The molecule has 7 heteroatoms. The van der Waals surface area contributed by atoms with E-state index in [1.165, 1.54) is 17.5 Å². The van der Waals surface area contributed by atoms with Crippen molar-refractivity contribution in [2.75, 3.05) is 13.1 Å². The van der Waals surface area contributed by atoms with E-state index in [2.05, 4.69) is 15.0 Å². The third-order valence-corrected chi connectivity index (χ3v) is 5.00. The molecule has 3 heterocycles. The predicted octanol–water partition coefficient (Wildman–Crippen LogP) is 1.86. The maximum atomic E-state index is 12.7. The summed E-state index contributed by atoms with van der Waals surface area (Å²) in [4.78, 5) is 37.4. The largest absolute Gasteiger partial charge is 0.345 e. The van der Waals surface area contributed by atoms with Crippen molar-refractivity contribution in [3.8, 4) is 0 Å². The summed E-state index contributed by atoms with van der Waals surface area (Å²) in [7, 11) is 0. The predicted molar refractivity (Wildman–Crippen MR) is 84.3 cm³/mol. The molecule has 1 amide bonds. The number of aryl methyl sites for hydroxylation is 2. The van der Waals surface area contributed by atoms with Crippen molar-refractivity contribution >= 4 is 17.2 Å². The van der Waals surface area contributed by atoms with Crippen LogP contribution in [0.3, 0.4) is 0 Å². The van der Waals surface area contributed by atoms with Crippen LogP contribution in [0.5, 0.6) is 0 Å². The average molecular weight is 318 g/mol. The Hall–Kier alpha value is -2.02. The third kappa shape index (κ3) is 2.94. The van der Waals surface area contributed by atoms with E-state index in [0.29, 0.717) is 6.54 Å². The van der Waals surface area contributed by atoms with Crippen molar-refractivity contribution in [2.24, 2.45) is 0 Å². The molecule has 0 radical (unpaired) electrons. The average Bonchev–Trinajstić information content (AvgIpc) is 2.85. The first-order valence-corrected chi connectivity index (χ1v) is 8.15. The number of piperidine rings is 1. The molecule has 0 saturated carbocycles. The minimum Gasteiger partial charge on any atom is -0.337 e. The summed E-state index contributed by atoms with van der Waals surface area (Å²) in [6.45, 7) is 5.16. The molecule has 1 aliphatic heterocycles. The van der Waals surface area contributed by atoms with Crippen LogP contribution >= 0.6 is 11.3 Å². The number of carbonyl (C=O) groups is 1. The minimum atomic E-state index is -0.338. The number of nitrogens with zero attached hydrogens (tertiary/aromatic N) is 3. The summed E-state index contributed by atoms with van der Waals surface area (Å²) < 4.78 is 0. The lowest BCUT2D eigenvalue weighted by Crippen LogP contribution is -2.39. The van der Waals surface area contributed by atoms with Gasteiger partial charge in [-0.2, -0.15) is 0 Å². The number of aromatic nitrogens is 3. The van der Waals surface area contributed by atoms with Crippen LogP contribution in [-0.2, 0) is 0 Å². The van der Waals surface area contributed by atoms with E-state index in [1.807, 2.05) is 24.8 Å². The molecule has 0 unspecified atom stereocenters. The van der Waals surface area contributed by atoms with Gasteiger partial charge in [-0.25, -0.2) is 14.8 Å². The second-order valence-electron chi connectivity index (χ2n) is 5.57. The second-order valence-corrected chi connectivity index (χ2v) is 6.77. The number of hydrogen-bond donors (Lipinski definition) is 1. The van der Waals surface area contributed by atoms with Gasteiger partial charge >= 0.3 is 5.69 Å². The Bertz CT molecular complexity index is 752. The SMILES string of the molecule is Cc1nc(C)c(C(=O)N2CCC[C@@H](c3ccnc(=O)[nH]3)C2)s1. The second kappa shape index (κ2) is 6.00. The van der Waals surface area contributed by atoms with Crippen LogP contribution < -0.4 is 5.69 Å². The highest BCUT2D eigenvalue weighted by Crippen LogP contribution is 2.27. The molecule has 0 aliphatic carbocycles. The number of nitrogens with one attached hydrogen (secondary N) is 1. The van der Waals surface area contributed by atoms with Crippen molar-refractivity contribution in [2.45, 2.75) is 32.6 Å². The molecule has 1 N–H and O–H groups in total. The number of rotatable bonds is 2. The molecule has 0 spiro atoms. The highest BCUT2D eigenvalue weighted by molar-refractivity contribution is 7.13. The van der Waals surface area contributed by atoms with E-state index in [-0.39, 0.29) is 17.5 Å². The zero-order valence-corrected chi connectivity index (χ0v) is 13.4. The fourth-order valence-electron chi connectivity index (χ4n) is 2.91. The molecule has 0 bridgehead atoms. The Morgan fingerprint density at radius 1 is 1.45 bits per heavy atom. The molecule has 3 rings (SSSR count). The zero-order valence-electron chi connectivity index (χ0n) is 12.6. The summed E-state index contributed by atoms with van der Waals surface area (Å²) in [5.74, 6) is 0.201. The molecule has 1 aliphatic rings. The van der Waals surface area contributed by atoms with Gasteiger partial charge in [-0.1, -0.05) is 0 Å². The van der Waals surface area contributed by atoms with Crippen LogP contribution in [-0.4, -0.2) is 38.8 Å². The van der Waals surface area contributed by atoms with Crippen LogP contribution in [0, 0.1) is 13.8 Å². The molecule has 2 aromatic heterocycles. The molecule has 2 aromatic rings. The minimum absolute atomic E-state index is 0.0456. The topological polar surface area (TPSA) is 79.0 Å². The van der Waals surface area contributed by atoms with E-state index in [4.69, 9.17) is 0 Å². The number of hydrogen-bond acceptors (Lipinski definition) is 5. The first-order valence-electron chi connectivity index (χ1n) is 7.33. The van der Waals surface area contributed by atoms with Gasteiger partial charge in [0.25, 0.3) is 5.91 Å². The van der Waals surface area contributed by atoms with E-state index in [9.17, 15) is 9.59 Å². The summed E-state index contributed by atoms with van der Waals surface area (Å²) >= 11 is 1.45. The van der Waals surface area contributed by atoms with Crippen molar-refractivity contribution in [1.82, 2.24) is 19.9 Å². The highest BCUT2D eigenvalue weighted by Gasteiger charge is 2.28. The van der Waals surface area contributed by atoms with E-state index >= 15 is 0 Å². The Morgan fingerprint density at radius 2 is 2.27 bits per heavy atom. The smallest absolute Gasteiger partial charge is 0.337 e. The van der Waals surface area contributed by atoms with E-state index in [0.717, 1.165) is 40.7 Å². The van der Waals surface area contributed by atoms with Gasteiger partial charge in [0, 0.05) is 30.9 Å². The Labute approximate surface area is 132 Å². The molecule has 1 atom stereocenters. The summed E-state index contributed by atoms with van der Waals surface area (Å²) in [5.41, 5.74) is 1.32. The zero-order chi connectivity index (χ0) is 15.7. The van der Waals surface area contributed by atoms with Crippen molar-refractivity contribution in [3.05, 3.63) is 44.0 Å². The highest BCUT2D eigenvalue weighted by atomic mass is 32.1. The van der Waals surface area contributed by atoms with Gasteiger partial charge < -0.3 is 9.88 Å². The molecule has 0 aromatic carbocycles. The summed E-state index contributed by atoms with van der Waals surface area (Å²) in [5, 5.41) is 0.910. The molecular formula is C15H18N4O2S. The standard InChI is InChI=1S/C15H18N4O2S/c1-9-13(22-10(2)17-9)14(20)19-7-3-4-11(8-19)12-5-6-16-15(21)18-12/h5-6,11H,3-4,7-8H2,1-2H3,(H,16,18,21)/t11-/m1/s1. The molecule has 22 heavy (non-hydrogen) atoms. The van der Waals surface area contributed by atoms with Gasteiger partial charge in [-0.15, -0.1) is 11.3 Å². The van der Waals surface area contributed by atoms with Crippen LogP contribution in [0.2, 0.25) is 0 Å². The fraction of sp³-hybridized carbons (Fsp3) is 0.467. The maximum Gasteiger partial charge on any atom is 0.345 e. The molecule has 6 nitrogen and oxygen atoms in total. The summed E-state index contributed by atoms with van der Waals surface area (Å²) in [6.07, 6.45) is 3.41. The molecular weight excluding hydrogens is 300 g/mol. The number of amides is 1. The van der Waals surface area contributed by atoms with Crippen molar-refractivity contribution in [1.29, 1.82) is 0 Å². The normalized spacial score (nSPS) is 18.5. The van der Waals surface area contributed by atoms with E-state index < -0.39 is 0 Å². The lowest BCUT2D eigenvalue weighted by atomic mass is 9.94. The summed E-state index contributed by atoms with van der Waals surface area (Å²) in [6, 6.07) is 1.82. The molecule has 1 saturated heterocycles. The molecule has 116 valence electrons. The Kier molecular flexibility index (Phi) is 4.06. The first kappa shape index (κ1) is 14.9. The lowest BCUT2D eigenvalue weighted by Gasteiger charge is -2.32. The number of thiazole rings is 1. The lowest BCUT2D eigenvalue weighted by molar-refractivity contribution is 0.0710. The number of H-pyrrole nitrogens is 1. The van der Waals surface area contributed by atoms with Gasteiger partial charge in [-0.05, 0) is 32.8 Å². The van der Waals surface area contributed by atoms with Crippen molar-refractivity contribution in [3.63, 3.8) is 0 Å². The van der Waals surface area contributed by atoms with Gasteiger partial charge in [0.05, 0.1) is 10.7 Å². The quantitative estimate of drug-likeness (QED) is 0.916. The van der Waals surface area contributed by atoms with Gasteiger partial charge in [0.15, 0.2) is 0 Å². The Morgan fingerprint density at radius 3 is 2.95 bits per heavy atom. The van der Waals surface area contributed by atoms with Crippen molar-refractivity contribution < 1.29 is 4.79 Å². The third-order valence-electron chi connectivity index (χ3n) is 3.94. The Balaban J connectivity index is 1.80. The van der Waals surface area contributed by atoms with Crippen LogP contribution in [0.1, 0.15) is 44.8 Å². The van der Waals surface area contributed by atoms with Crippen LogP contribution in [0.25, 0.3) is 0 Å². The monoisotopic (exact) mass is 318 g/mol. The van der Waals surface area contributed by atoms with Gasteiger partial charge in [0.1, 0.15) is 4.88 Å². The van der Waals surface area contributed by atoms with Gasteiger partial charge in [0.2, 0.25) is 0 Å².